The number of para-hydroxylation sites is 1. The fraction of sp³-hybridized carbons (Fsp3) is 0.417. The predicted octanol–water partition coefficient (Wildman–Crippen LogP) is 0.630. The summed E-state index contributed by atoms with van der Waals surface area (Å²) in [6, 6.07) is 7.66. The number of nitrogens with one attached hydrogen (secondary N) is 2. The Balaban J connectivity index is 2.17. The molecule has 0 aliphatic heterocycles. The van der Waals surface area contributed by atoms with Crippen LogP contribution in [0.2, 0.25) is 0 Å². The highest BCUT2D eigenvalue weighted by molar-refractivity contribution is 5.73. The zero-order valence-electron chi connectivity index (χ0n) is 10.4. The smallest absolute Gasteiger partial charge is 0.316 e. The van der Waals surface area contributed by atoms with Crippen molar-refractivity contribution in [3.63, 3.8) is 0 Å². The molecule has 0 fully saturated rings. The first-order valence-corrected chi connectivity index (χ1v) is 5.60. The van der Waals surface area contributed by atoms with Crippen molar-refractivity contribution in [2.45, 2.75) is 6.54 Å². The van der Waals surface area contributed by atoms with Crippen LogP contribution in [0.3, 0.4) is 0 Å². The fourth-order valence-electron chi connectivity index (χ4n) is 1.33. The van der Waals surface area contributed by atoms with E-state index < -0.39 is 0 Å². The first kappa shape index (κ1) is 13.3. The van der Waals surface area contributed by atoms with Gasteiger partial charge < -0.3 is 21.3 Å². The van der Waals surface area contributed by atoms with E-state index in [9.17, 15) is 4.79 Å². The Hall–Kier alpha value is -1.75. The molecule has 0 saturated carbocycles. The molecule has 5 heteroatoms. The SMILES string of the molecule is CN(C)C(=O)NCCNCc1ccccc1N. The minimum Gasteiger partial charge on any atom is -0.398 e. The molecule has 4 N–H and O–H groups in total. The van der Waals surface area contributed by atoms with E-state index in [1.54, 1.807) is 14.1 Å². The van der Waals surface area contributed by atoms with Gasteiger partial charge in [-0.3, -0.25) is 0 Å². The summed E-state index contributed by atoms with van der Waals surface area (Å²) >= 11 is 0. The zero-order chi connectivity index (χ0) is 12.7. The van der Waals surface area contributed by atoms with Crippen LogP contribution >= 0.6 is 0 Å². The molecule has 0 aromatic heterocycles. The largest absolute Gasteiger partial charge is 0.398 e. The Labute approximate surface area is 102 Å². The maximum absolute atomic E-state index is 11.2. The number of carbonyl (C=O) groups excluding carboxylic acids is 1. The van der Waals surface area contributed by atoms with Gasteiger partial charge in [0.05, 0.1) is 0 Å². The third-order valence-corrected chi connectivity index (χ3v) is 2.35. The molecular weight excluding hydrogens is 216 g/mol. The summed E-state index contributed by atoms with van der Waals surface area (Å²) in [6.07, 6.45) is 0. The van der Waals surface area contributed by atoms with Gasteiger partial charge in [0.1, 0.15) is 0 Å². The molecule has 94 valence electrons. The number of hydrogen-bond donors (Lipinski definition) is 3. The minimum atomic E-state index is -0.0778. The average Bonchev–Trinajstić information content (AvgIpc) is 2.30. The Morgan fingerprint density at radius 3 is 2.65 bits per heavy atom. The highest BCUT2D eigenvalue weighted by atomic mass is 16.2. The third kappa shape index (κ3) is 4.74. The molecule has 2 amide bonds. The normalized spacial score (nSPS) is 10.0. The molecule has 0 aliphatic rings. The molecule has 5 nitrogen and oxygen atoms in total. The standard InChI is InChI=1S/C12H20N4O/c1-16(2)12(17)15-8-7-14-9-10-5-3-4-6-11(10)13/h3-6,14H,7-9,13H2,1-2H3,(H,15,17). The second-order valence-corrected chi connectivity index (χ2v) is 4.00. The molecule has 0 radical (unpaired) electrons. The molecule has 0 spiro atoms. The minimum absolute atomic E-state index is 0.0778. The maximum Gasteiger partial charge on any atom is 0.316 e. The molecule has 0 bridgehead atoms. The van der Waals surface area contributed by atoms with E-state index in [4.69, 9.17) is 5.73 Å². The number of anilines is 1. The van der Waals surface area contributed by atoms with Gasteiger partial charge >= 0.3 is 6.03 Å². The maximum atomic E-state index is 11.2. The van der Waals surface area contributed by atoms with E-state index in [1.165, 1.54) is 4.90 Å². The summed E-state index contributed by atoms with van der Waals surface area (Å²) < 4.78 is 0. The van der Waals surface area contributed by atoms with Gasteiger partial charge in [-0.15, -0.1) is 0 Å². The van der Waals surface area contributed by atoms with E-state index in [2.05, 4.69) is 10.6 Å². The Morgan fingerprint density at radius 1 is 1.29 bits per heavy atom. The fourth-order valence-corrected chi connectivity index (χ4v) is 1.33. The topological polar surface area (TPSA) is 70.4 Å². The van der Waals surface area contributed by atoms with Crippen molar-refractivity contribution in [1.82, 2.24) is 15.5 Å². The number of nitrogens with zero attached hydrogens (tertiary/aromatic N) is 1. The van der Waals surface area contributed by atoms with Gasteiger partial charge in [-0.25, -0.2) is 4.79 Å². The lowest BCUT2D eigenvalue weighted by molar-refractivity contribution is 0.217. The second-order valence-electron chi connectivity index (χ2n) is 4.00. The van der Waals surface area contributed by atoms with E-state index in [0.29, 0.717) is 19.6 Å². The summed E-state index contributed by atoms with van der Waals surface area (Å²) in [7, 11) is 3.43. The number of urea groups is 1. The average molecular weight is 236 g/mol. The van der Waals surface area contributed by atoms with Crippen molar-refractivity contribution in [2.75, 3.05) is 32.9 Å². The van der Waals surface area contributed by atoms with Gasteiger partial charge in [-0.1, -0.05) is 18.2 Å². The van der Waals surface area contributed by atoms with E-state index in [1.807, 2.05) is 24.3 Å². The summed E-state index contributed by atoms with van der Waals surface area (Å²) in [4.78, 5) is 12.7. The summed E-state index contributed by atoms with van der Waals surface area (Å²) in [5, 5.41) is 6.00. The summed E-state index contributed by atoms with van der Waals surface area (Å²) in [5.74, 6) is 0. The lowest BCUT2D eigenvalue weighted by Crippen LogP contribution is -2.38. The second kappa shape index (κ2) is 6.75. The van der Waals surface area contributed by atoms with Crippen LogP contribution < -0.4 is 16.4 Å². The Bertz CT molecular complexity index is 365. The van der Waals surface area contributed by atoms with Crippen LogP contribution in [0, 0.1) is 0 Å². The molecule has 1 aromatic carbocycles. The zero-order valence-corrected chi connectivity index (χ0v) is 10.4. The lowest BCUT2D eigenvalue weighted by Gasteiger charge is -2.12. The van der Waals surface area contributed by atoms with E-state index in [-0.39, 0.29) is 6.03 Å². The number of nitrogen functional groups attached to an aromatic ring is 1. The number of carbonyl (C=O) groups is 1. The lowest BCUT2D eigenvalue weighted by atomic mass is 10.2. The van der Waals surface area contributed by atoms with Crippen molar-refractivity contribution in [3.8, 4) is 0 Å². The highest BCUT2D eigenvalue weighted by Gasteiger charge is 2.01. The van der Waals surface area contributed by atoms with Gasteiger partial charge in [0.2, 0.25) is 0 Å². The Kier molecular flexibility index (Phi) is 5.29. The van der Waals surface area contributed by atoms with E-state index in [0.717, 1.165) is 11.3 Å². The molecule has 0 saturated heterocycles. The highest BCUT2D eigenvalue weighted by Crippen LogP contribution is 2.09. The Morgan fingerprint density at radius 2 is 2.00 bits per heavy atom. The number of nitrogens with two attached hydrogens (primary N) is 1. The van der Waals surface area contributed by atoms with Crippen molar-refractivity contribution in [2.24, 2.45) is 0 Å². The monoisotopic (exact) mass is 236 g/mol. The third-order valence-electron chi connectivity index (χ3n) is 2.35. The number of hydrogen-bond acceptors (Lipinski definition) is 3. The van der Waals surface area contributed by atoms with Gasteiger partial charge in [-0.2, -0.15) is 0 Å². The summed E-state index contributed by atoms with van der Waals surface area (Å²) in [5.41, 5.74) is 7.67. The molecular formula is C12H20N4O. The van der Waals surface area contributed by atoms with E-state index >= 15 is 0 Å². The predicted molar refractivity (Wildman–Crippen MR) is 69.6 cm³/mol. The van der Waals surface area contributed by atoms with Crippen molar-refractivity contribution < 1.29 is 4.79 Å². The first-order valence-electron chi connectivity index (χ1n) is 5.60. The molecule has 0 unspecified atom stereocenters. The number of amides is 2. The van der Waals surface area contributed by atoms with Crippen LogP contribution in [0.15, 0.2) is 24.3 Å². The van der Waals surface area contributed by atoms with Gasteiger partial charge in [0, 0.05) is 39.4 Å². The van der Waals surface area contributed by atoms with Crippen LogP contribution in [0.4, 0.5) is 10.5 Å². The number of benzene rings is 1. The first-order chi connectivity index (χ1) is 8.11. The van der Waals surface area contributed by atoms with Crippen LogP contribution in [-0.4, -0.2) is 38.1 Å². The van der Waals surface area contributed by atoms with Gasteiger partial charge in [-0.05, 0) is 11.6 Å². The van der Waals surface area contributed by atoms with Gasteiger partial charge in [0.15, 0.2) is 0 Å². The number of rotatable bonds is 5. The molecule has 1 rings (SSSR count). The van der Waals surface area contributed by atoms with Crippen LogP contribution in [0.5, 0.6) is 0 Å². The van der Waals surface area contributed by atoms with Crippen LogP contribution in [-0.2, 0) is 6.54 Å². The van der Waals surface area contributed by atoms with Crippen molar-refractivity contribution >= 4 is 11.7 Å². The molecule has 0 aliphatic carbocycles. The van der Waals surface area contributed by atoms with Crippen molar-refractivity contribution in [3.05, 3.63) is 29.8 Å². The molecule has 17 heavy (non-hydrogen) atoms. The quantitative estimate of drug-likeness (QED) is 0.519. The summed E-state index contributed by atoms with van der Waals surface area (Å²) in [6.45, 7) is 2.03. The van der Waals surface area contributed by atoms with Crippen LogP contribution in [0.25, 0.3) is 0 Å². The molecule has 0 atom stereocenters. The van der Waals surface area contributed by atoms with Crippen LogP contribution in [0.1, 0.15) is 5.56 Å². The van der Waals surface area contributed by atoms with Crippen molar-refractivity contribution in [1.29, 1.82) is 0 Å². The van der Waals surface area contributed by atoms with Gasteiger partial charge in [0.25, 0.3) is 0 Å². The molecule has 0 heterocycles. The molecule has 1 aromatic rings.